The highest BCUT2D eigenvalue weighted by molar-refractivity contribution is 6.17. The van der Waals surface area contributed by atoms with Crippen LogP contribution in [0, 0.1) is 0 Å². The second-order valence-electron chi connectivity index (χ2n) is 18.7. The Labute approximate surface area is 394 Å². The van der Waals surface area contributed by atoms with Gasteiger partial charge >= 0.3 is 0 Å². The van der Waals surface area contributed by atoms with Gasteiger partial charge in [0.15, 0.2) is 0 Å². The van der Waals surface area contributed by atoms with Crippen LogP contribution in [0.5, 0.6) is 0 Å². The smallest absolute Gasteiger partial charge is 0.0754 e. The summed E-state index contributed by atoms with van der Waals surface area (Å²) in [6, 6.07) is 93.7. The van der Waals surface area contributed by atoms with Crippen molar-refractivity contribution >= 4 is 81.7 Å². The van der Waals surface area contributed by atoms with Crippen LogP contribution in [0.25, 0.3) is 98.0 Å². The molecule has 0 radical (unpaired) electrons. The Morgan fingerprint density at radius 2 is 0.588 bits per heavy atom. The SMILES string of the molecule is c1ccc2c(c1)N(c1cc3ccccc3c3ccccc13)c1ccccc1C21c2cc(-c3c4ccccc4cc4ccccc34)ccc2-c2ccc(-c3c4ccccc4cc4ccccc34)cc21. The van der Waals surface area contributed by atoms with E-state index >= 15 is 0 Å². The van der Waals surface area contributed by atoms with Crippen LogP contribution in [0.1, 0.15) is 22.3 Å². The van der Waals surface area contributed by atoms with Crippen LogP contribution in [0.2, 0.25) is 0 Å². The van der Waals surface area contributed by atoms with E-state index in [0.29, 0.717) is 0 Å². The van der Waals surface area contributed by atoms with Crippen molar-refractivity contribution in [1.82, 2.24) is 0 Å². The van der Waals surface area contributed by atoms with E-state index in [0.717, 1.165) is 0 Å². The van der Waals surface area contributed by atoms with Crippen molar-refractivity contribution in [2.24, 2.45) is 0 Å². The van der Waals surface area contributed by atoms with Crippen molar-refractivity contribution in [3.8, 4) is 33.4 Å². The van der Waals surface area contributed by atoms with Gasteiger partial charge in [0, 0.05) is 5.39 Å². The van der Waals surface area contributed by atoms with Gasteiger partial charge in [-0.1, -0.05) is 206 Å². The highest BCUT2D eigenvalue weighted by atomic mass is 15.2. The lowest BCUT2D eigenvalue weighted by molar-refractivity contribution is 0.753. The quantitative estimate of drug-likeness (QED) is 0.126. The Balaban J connectivity index is 1.08. The molecule has 0 aromatic heterocycles. The van der Waals surface area contributed by atoms with Crippen molar-refractivity contribution in [2.75, 3.05) is 4.90 Å². The molecule has 0 saturated heterocycles. The van der Waals surface area contributed by atoms with E-state index in [4.69, 9.17) is 0 Å². The summed E-state index contributed by atoms with van der Waals surface area (Å²) in [5.74, 6) is 0. The summed E-state index contributed by atoms with van der Waals surface area (Å²) < 4.78 is 0. The van der Waals surface area contributed by atoms with Crippen molar-refractivity contribution in [1.29, 1.82) is 0 Å². The maximum absolute atomic E-state index is 2.56. The standard InChI is InChI=1S/C67H41N/c1-6-22-49-46(21-1)41-64(57-28-12-11-27-54(49)57)68-62-31-15-13-29-58(62)67(59-30-14-16-32-63(59)68)60-39-47(65-50-23-7-2-17-42(50)37-43-18-3-8-24-51(43)65)33-35-55(60)56-36-34-48(40-61(56)67)66-52-25-9-4-19-44(52)38-45-20-5-10-26-53(45)66/h1-41H. The third-order valence-electron chi connectivity index (χ3n) is 15.3. The molecule has 1 spiro atoms. The van der Waals surface area contributed by atoms with E-state index in [2.05, 4.69) is 254 Å². The van der Waals surface area contributed by atoms with Crippen LogP contribution in [0.15, 0.2) is 249 Å². The van der Waals surface area contributed by atoms with Gasteiger partial charge in [0.05, 0.1) is 22.5 Å². The van der Waals surface area contributed by atoms with E-state index in [-0.39, 0.29) is 0 Å². The molecule has 1 nitrogen and oxygen atoms in total. The summed E-state index contributed by atoms with van der Waals surface area (Å²) in [6.45, 7) is 0. The van der Waals surface area contributed by atoms with Crippen molar-refractivity contribution < 1.29 is 0 Å². The fourth-order valence-electron chi connectivity index (χ4n) is 12.6. The molecule has 0 fully saturated rings. The number of benzene rings is 13. The van der Waals surface area contributed by atoms with E-state index in [1.807, 2.05) is 0 Å². The molecule has 68 heavy (non-hydrogen) atoms. The number of hydrogen-bond acceptors (Lipinski definition) is 1. The fourth-order valence-corrected chi connectivity index (χ4v) is 12.6. The van der Waals surface area contributed by atoms with Crippen LogP contribution in [0.3, 0.4) is 0 Å². The normalized spacial score (nSPS) is 13.4. The molecule has 1 aliphatic carbocycles. The number of anilines is 3. The van der Waals surface area contributed by atoms with Crippen LogP contribution in [0.4, 0.5) is 17.1 Å². The summed E-state index contributed by atoms with van der Waals surface area (Å²) in [5.41, 5.74) is 15.6. The first kappa shape index (κ1) is 37.4. The maximum atomic E-state index is 2.56. The average Bonchev–Trinajstić information content (AvgIpc) is 3.68. The third-order valence-corrected chi connectivity index (χ3v) is 15.3. The van der Waals surface area contributed by atoms with Crippen molar-refractivity contribution in [3.63, 3.8) is 0 Å². The van der Waals surface area contributed by atoms with Crippen LogP contribution in [-0.4, -0.2) is 0 Å². The van der Waals surface area contributed by atoms with Gasteiger partial charge < -0.3 is 4.90 Å². The molecule has 13 aromatic rings. The molecule has 13 aromatic carbocycles. The van der Waals surface area contributed by atoms with E-state index < -0.39 is 5.41 Å². The molecule has 15 rings (SSSR count). The highest BCUT2D eigenvalue weighted by Gasteiger charge is 2.52. The highest BCUT2D eigenvalue weighted by Crippen LogP contribution is 2.65. The molecule has 0 atom stereocenters. The minimum atomic E-state index is -0.673. The van der Waals surface area contributed by atoms with Gasteiger partial charge in [-0.05, 0) is 157 Å². The summed E-state index contributed by atoms with van der Waals surface area (Å²) in [6.07, 6.45) is 0. The molecule has 1 heterocycles. The Morgan fingerprint density at radius 3 is 1.04 bits per heavy atom. The van der Waals surface area contributed by atoms with Crippen LogP contribution >= 0.6 is 0 Å². The lowest BCUT2D eigenvalue weighted by Crippen LogP contribution is -2.36. The Hall–Kier alpha value is -8.78. The third kappa shape index (κ3) is 5.05. The molecule has 2 aliphatic rings. The van der Waals surface area contributed by atoms with E-state index in [1.54, 1.807) is 0 Å². The molecule has 0 amide bonds. The molecule has 0 bridgehead atoms. The van der Waals surface area contributed by atoms with E-state index in [9.17, 15) is 0 Å². The summed E-state index contributed by atoms with van der Waals surface area (Å²) in [7, 11) is 0. The predicted octanol–water partition coefficient (Wildman–Crippen LogP) is 18.1. The van der Waals surface area contributed by atoms with Crippen molar-refractivity contribution in [3.05, 3.63) is 271 Å². The molecule has 1 heteroatoms. The molecule has 0 saturated carbocycles. The zero-order chi connectivity index (χ0) is 44.5. The number of hydrogen-bond donors (Lipinski definition) is 0. The fraction of sp³-hybridized carbons (Fsp3) is 0.0149. The predicted molar refractivity (Wildman–Crippen MR) is 288 cm³/mol. The lowest BCUT2D eigenvalue weighted by atomic mass is 9.64. The first-order valence-corrected chi connectivity index (χ1v) is 23.7. The topological polar surface area (TPSA) is 3.24 Å². The average molecular weight is 860 g/mol. The van der Waals surface area contributed by atoms with E-state index in [1.165, 1.54) is 137 Å². The largest absolute Gasteiger partial charge is 0.309 e. The van der Waals surface area contributed by atoms with Gasteiger partial charge in [0.2, 0.25) is 0 Å². The van der Waals surface area contributed by atoms with Gasteiger partial charge in [0.1, 0.15) is 0 Å². The van der Waals surface area contributed by atoms with Gasteiger partial charge in [-0.3, -0.25) is 0 Å². The minimum absolute atomic E-state index is 0.673. The minimum Gasteiger partial charge on any atom is -0.309 e. The Kier molecular flexibility index (Phi) is 7.77. The Bertz CT molecular complexity index is 3960. The molecule has 0 unspecified atom stereocenters. The number of para-hydroxylation sites is 2. The van der Waals surface area contributed by atoms with Gasteiger partial charge in [-0.25, -0.2) is 0 Å². The first-order chi connectivity index (χ1) is 33.7. The summed E-state index contributed by atoms with van der Waals surface area (Å²) in [5, 5.41) is 15.0. The molecule has 1 aliphatic heterocycles. The molecule has 314 valence electrons. The summed E-state index contributed by atoms with van der Waals surface area (Å²) >= 11 is 0. The number of nitrogens with zero attached hydrogens (tertiary/aromatic N) is 1. The van der Waals surface area contributed by atoms with Crippen LogP contribution in [-0.2, 0) is 5.41 Å². The Morgan fingerprint density at radius 1 is 0.235 bits per heavy atom. The zero-order valence-electron chi connectivity index (χ0n) is 37.1. The van der Waals surface area contributed by atoms with Gasteiger partial charge in [0.25, 0.3) is 0 Å². The van der Waals surface area contributed by atoms with Gasteiger partial charge in [-0.15, -0.1) is 0 Å². The second-order valence-corrected chi connectivity index (χ2v) is 18.7. The first-order valence-electron chi connectivity index (χ1n) is 23.7. The molecular weight excluding hydrogens is 819 g/mol. The lowest BCUT2D eigenvalue weighted by Gasteiger charge is -2.45. The van der Waals surface area contributed by atoms with Gasteiger partial charge in [-0.2, -0.15) is 0 Å². The zero-order valence-corrected chi connectivity index (χ0v) is 37.1. The van der Waals surface area contributed by atoms with Crippen molar-refractivity contribution in [2.45, 2.75) is 5.41 Å². The molecule has 0 N–H and O–H groups in total. The maximum Gasteiger partial charge on any atom is 0.0754 e. The second kappa shape index (κ2) is 14.1. The summed E-state index contributed by atoms with van der Waals surface area (Å²) in [4.78, 5) is 2.56. The molecular formula is C67H41N. The number of rotatable bonds is 3. The monoisotopic (exact) mass is 859 g/mol. The number of fused-ring (bicyclic) bond motifs is 16. The van der Waals surface area contributed by atoms with Crippen LogP contribution < -0.4 is 4.90 Å².